The van der Waals surface area contributed by atoms with Crippen molar-refractivity contribution in [2.45, 2.75) is 0 Å². The molecule has 4 nitrogen and oxygen atoms in total. The Kier molecular flexibility index (Phi) is 7.98. The van der Waals surface area contributed by atoms with E-state index in [0.29, 0.717) is 0 Å². The van der Waals surface area contributed by atoms with Crippen LogP contribution in [-0.2, 0) is 17.1 Å². The number of hydrogen-bond acceptors (Lipinski definition) is 2. The minimum absolute atomic E-state index is 0. The number of nitrogens with zero attached hydrogens (tertiary/aromatic N) is 3. The van der Waals surface area contributed by atoms with Gasteiger partial charge in [-0.3, -0.25) is 0 Å². The van der Waals surface area contributed by atoms with E-state index in [1.54, 1.807) is 0 Å². The molecular weight excluding hydrogens is 639 g/mol. The standard InChI is InChI=1S/C44H30N4.Mn/c1-5-13-30(14-6-1)41-39-26-25-36(47-39)28-35-22-21-33(45-35)27-34-23-24-37(46-34)29-40-42(31-15-7-2-8-16-31)43(32-17-9-3-10-18-32)44(41)48(40)38-19-11-4-12-20-38;/h1-29,45H;. The zero-order valence-corrected chi connectivity index (χ0v) is 27.6. The van der Waals surface area contributed by atoms with E-state index in [9.17, 15) is 0 Å². The zero-order chi connectivity index (χ0) is 31.9. The molecule has 2 aliphatic rings. The van der Waals surface area contributed by atoms with Gasteiger partial charge in [-0.1, -0.05) is 109 Å². The fraction of sp³-hybridized carbons (Fsp3) is 0. The Bertz CT molecular complexity index is 2530. The molecule has 0 saturated carbocycles. The monoisotopic (exact) mass is 669 g/mol. The van der Waals surface area contributed by atoms with E-state index >= 15 is 0 Å². The van der Waals surface area contributed by atoms with Gasteiger partial charge in [-0.2, -0.15) is 0 Å². The van der Waals surface area contributed by atoms with Crippen LogP contribution in [0.1, 0.15) is 22.8 Å². The summed E-state index contributed by atoms with van der Waals surface area (Å²) in [5, 5.41) is 0. The molecule has 0 unspecified atom stereocenters. The normalized spacial score (nSPS) is 11.8. The van der Waals surface area contributed by atoms with Crippen LogP contribution < -0.4 is 0 Å². The maximum absolute atomic E-state index is 5.29. The first-order valence-electron chi connectivity index (χ1n) is 16.2. The number of para-hydroxylation sites is 1. The van der Waals surface area contributed by atoms with Crippen LogP contribution in [0.2, 0.25) is 0 Å². The summed E-state index contributed by atoms with van der Waals surface area (Å²) in [7, 11) is 0. The maximum Gasteiger partial charge on any atom is 0.0737 e. The summed E-state index contributed by atoms with van der Waals surface area (Å²) in [5.74, 6) is 0. The summed E-state index contributed by atoms with van der Waals surface area (Å²) in [4.78, 5) is 13.9. The summed E-state index contributed by atoms with van der Waals surface area (Å²) < 4.78 is 2.41. The average molecular weight is 670 g/mol. The molecule has 4 aromatic carbocycles. The summed E-state index contributed by atoms with van der Waals surface area (Å²) in [5.41, 5.74) is 15.4. The zero-order valence-electron chi connectivity index (χ0n) is 26.5. The van der Waals surface area contributed by atoms with E-state index in [-0.39, 0.29) is 17.1 Å². The van der Waals surface area contributed by atoms with Crippen LogP contribution in [0.4, 0.5) is 0 Å². The third kappa shape index (κ3) is 5.66. The Morgan fingerprint density at radius 1 is 0.429 bits per heavy atom. The van der Waals surface area contributed by atoms with Gasteiger partial charge in [0.1, 0.15) is 0 Å². The van der Waals surface area contributed by atoms with E-state index < -0.39 is 0 Å². The van der Waals surface area contributed by atoms with Crippen molar-refractivity contribution in [3.05, 3.63) is 174 Å². The van der Waals surface area contributed by atoms with E-state index in [0.717, 1.165) is 83.9 Å². The third-order valence-electron chi connectivity index (χ3n) is 8.87. The molecule has 0 amide bonds. The molecule has 0 fully saturated rings. The molecule has 0 aliphatic carbocycles. The molecule has 2 aliphatic heterocycles. The molecule has 0 spiro atoms. The first kappa shape index (κ1) is 30.3. The van der Waals surface area contributed by atoms with Gasteiger partial charge in [0, 0.05) is 50.5 Å². The van der Waals surface area contributed by atoms with Crippen molar-refractivity contribution in [2.24, 2.45) is 0 Å². The Morgan fingerprint density at radius 2 is 0.898 bits per heavy atom. The fourth-order valence-corrected chi connectivity index (χ4v) is 6.81. The fourth-order valence-electron chi connectivity index (χ4n) is 6.81. The number of H-pyrrole nitrogens is 1. The molecule has 1 radical (unpaired) electrons. The van der Waals surface area contributed by atoms with Crippen molar-refractivity contribution in [3.63, 3.8) is 0 Å². The van der Waals surface area contributed by atoms with Crippen LogP contribution in [0.3, 0.4) is 0 Å². The molecule has 8 bridgehead atoms. The summed E-state index contributed by atoms with van der Waals surface area (Å²) in [6.45, 7) is 0. The van der Waals surface area contributed by atoms with E-state index in [1.165, 1.54) is 0 Å². The molecule has 1 N–H and O–H groups in total. The number of aromatic amines is 1. The minimum Gasteiger partial charge on any atom is -0.355 e. The van der Waals surface area contributed by atoms with Gasteiger partial charge in [0.25, 0.3) is 0 Å². The van der Waals surface area contributed by atoms with Crippen LogP contribution in [0.25, 0.3) is 85.4 Å². The van der Waals surface area contributed by atoms with Gasteiger partial charge in [0.2, 0.25) is 0 Å². The Morgan fingerprint density at radius 3 is 1.49 bits per heavy atom. The van der Waals surface area contributed by atoms with Crippen LogP contribution >= 0.6 is 0 Å². The molecule has 7 aromatic rings. The topological polar surface area (TPSA) is 46.5 Å². The van der Waals surface area contributed by atoms with Crippen LogP contribution in [0, 0.1) is 0 Å². The Labute approximate surface area is 295 Å². The second-order valence-corrected chi connectivity index (χ2v) is 12.0. The summed E-state index contributed by atoms with van der Waals surface area (Å²) in [6.07, 6.45) is 8.44. The van der Waals surface area contributed by atoms with Gasteiger partial charge in [-0.15, -0.1) is 0 Å². The molecule has 233 valence electrons. The van der Waals surface area contributed by atoms with Crippen LogP contribution in [0.15, 0.2) is 152 Å². The number of rotatable bonds is 4. The second kappa shape index (κ2) is 12.9. The first-order valence-corrected chi connectivity index (χ1v) is 16.2. The molecule has 0 atom stereocenters. The van der Waals surface area contributed by atoms with Crippen molar-refractivity contribution in [1.82, 2.24) is 19.5 Å². The number of aromatic nitrogens is 4. The third-order valence-corrected chi connectivity index (χ3v) is 8.87. The largest absolute Gasteiger partial charge is 0.355 e. The number of hydrogen-bond donors (Lipinski definition) is 1. The molecule has 5 heteroatoms. The molecule has 0 saturated heterocycles. The van der Waals surface area contributed by atoms with Crippen molar-refractivity contribution in [1.29, 1.82) is 0 Å². The average Bonchev–Trinajstić information content (AvgIpc) is 3.95. The van der Waals surface area contributed by atoms with Gasteiger partial charge >= 0.3 is 0 Å². The van der Waals surface area contributed by atoms with Crippen molar-refractivity contribution < 1.29 is 17.1 Å². The van der Waals surface area contributed by atoms with Gasteiger partial charge in [-0.05, 0) is 83.5 Å². The maximum atomic E-state index is 5.29. The van der Waals surface area contributed by atoms with Gasteiger partial charge in [-0.25, -0.2) is 9.97 Å². The van der Waals surface area contributed by atoms with Crippen molar-refractivity contribution in [2.75, 3.05) is 0 Å². The van der Waals surface area contributed by atoms with Crippen molar-refractivity contribution in [3.8, 4) is 39.1 Å². The van der Waals surface area contributed by atoms with Gasteiger partial charge in [0.15, 0.2) is 0 Å². The van der Waals surface area contributed by atoms with E-state index in [4.69, 9.17) is 9.97 Å². The summed E-state index contributed by atoms with van der Waals surface area (Å²) in [6, 6.07) is 53.3. The summed E-state index contributed by atoms with van der Waals surface area (Å²) >= 11 is 0. The number of nitrogens with one attached hydrogen (secondary N) is 1. The molecule has 9 rings (SSSR count). The predicted molar refractivity (Wildman–Crippen MR) is 200 cm³/mol. The molecule has 3 aromatic heterocycles. The van der Waals surface area contributed by atoms with Gasteiger partial charge < -0.3 is 9.55 Å². The molecule has 49 heavy (non-hydrogen) atoms. The van der Waals surface area contributed by atoms with Crippen LogP contribution in [0.5, 0.6) is 0 Å². The second-order valence-electron chi connectivity index (χ2n) is 12.0. The Balaban J connectivity index is 0.00000348. The van der Waals surface area contributed by atoms with E-state index in [2.05, 4.69) is 186 Å². The number of benzene rings is 4. The molecular formula is C44H30MnN4. The van der Waals surface area contributed by atoms with E-state index in [1.807, 2.05) is 0 Å². The van der Waals surface area contributed by atoms with Crippen LogP contribution in [-0.4, -0.2) is 19.5 Å². The SMILES string of the molecule is C1=Cc2cc3c(-c4ccccc4)c(-c4ccccc4)c(c(-c4ccccc4)c4nc(cc5ccc(cc1n2)[nH]5)C=C4)n3-c1ccccc1.[Mn]. The predicted octanol–water partition coefficient (Wildman–Crippen LogP) is 11.1. The smallest absolute Gasteiger partial charge is 0.0737 e. The molecule has 5 heterocycles. The first-order chi connectivity index (χ1) is 23.8. The minimum atomic E-state index is 0. The Hall–Kier alpha value is -6.00. The van der Waals surface area contributed by atoms with Gasteiger partial charge in [0.05, 0.1) is 33.8 Å². The quantitative estimate of drug-likeness (QED) is 0.190. The number of fused-ring (bicyclic) bond motifs is 8. The van der Waals surface area contributed by atoms with Crippen molar-refractivity contribution >= 4 is 46.4 Å².